The first-order chi connectivity index (χ1) is 11.5. The first-order valence-corrected chi connectivity index (χ1v) is 8.80. The van der Waals surface area contributed by atoms with E-state index in [-0.39, 0.29) is 24.3 Å². The van der Waals surface area contributed by atoms with E-state index in [1.807, 2.05) is 6.92 Å². The molecule has 0 unspecified atom stereocenters. The van der Waals surface area contributed by atoms with Crippen LogP contribution in [0.15, 0.2) is 12.1 Å². The maximum atomic E-state index is 12.5. The van der Waals surface area contributed by atoms with Crippen molar-refractivity contribution in [2.75, 3.05) is 14.2 Å². The van der Waals surface area contributed by atoms with Crippen LogP contribution in [0.4, 0.5) is 0 Å². The molecule has 130 valence electrons. The van der Waals surface area contributed by atoms with E-state index in [1.54, 1.807) is 0 Å². The van der Waals surface area contributed by atoms with Gasteiger partial charge in [0.15, 0.2) is 0 Å². The zero-order valence-corrected chi connectivity index (χ0v) is 14.8. The third-order valence-electron chi connectivity index (χ3n) is 5.98. The van der Waals surface area contributed by atoms with E-state index in [0.29, 0.717) is 6.42 Å². The number of carbonyl (C=O) groups is 2. The minimum atomic E-state index is -0.682. The molecule has 4 nitrogen and oxygen atoms in total. The van der Waals surface area contributed by atoms with Crippen LogP contribution < -0.4 is 0 Å². The second-order valence-electron chi connectivity index (χ2n) is 7.22. The largest absolute Gasteiger partial charge is 0.469 e. The molecule has 0 aliphatic heterocycles. The molecule has 0 bridgehead atoms. The van der Waals surface area contributed by atoms with Gasteiger partial charge in [-0.25, -0.2) is 0 Å². The molecule has 2 aliphatic rings. The van der Waals surface area contributed by atoms with E-state index < -0.39 is 5.41 Å². The smallest absolute Gasteiger partial charge is 0.312 e. The highest BCUT2D eigenvalue weighted by Crippen LogP contribution is 2.49. The van der Waals surface area contributed by atoms with E-state index in [0.717, 1.165) is 24.8 Å². The zero-order chi connectivity index (χ0) is 17.3. The van der Waals surface area contributed by atoms with Crippen molar-refractivity contribution in [3.63, 3.8) is 0 Å². The van der Waals surface area contributed by atoms with Gasteiger partial charge in [0.1, 0.15) is 0 Å². The monoisotopic (exact) mass is 330 g/mol. The number of rotatable bonds is 3. The minimum absolute atomic E-state index is 0.187. The maximum absolute atomic E-state index is 12.5. The minimum Gasteiger partial charge on any atom is -0.469 e. The number of benzene rings is 1. The fourth-order valence-corrected chi connectivity index (χ4v) is 4.51. The lowest BCUT2D eigenvalue weighted by Gasteiger charge is -2.41. The summed E-state index contributed by atoms with van der Waals surface area (Å²) in [4.78, 5) is 24.5. The van der Waals surface area contributed by atoms with Gasteiger partial charge in [0.25, 0.3) is 0 Å². The molecule has 0 spiro atoms. The summed E-state index contributed by atoms with van der Waals surface area (Å²) in [6.45, 7) is 1.93. The lowest BCUT2D eigenvalue weighted by atomic mass is 9.62. The Kier molecular flexibility index (Phi) is 4.66. The van der Waals surface area contributed by atoms with Crippen LogP contribution in [0.1, 0.15) is 60.8 Å². The van der Waals surface area contributed by atoms with Gasteiger partial charge in [0.05, 0.1) is 26.1 Å². The molecule has 0 amide bonds. The molecule has 2 aliphatic carbocycles. The van der Waals surface area contributed by atoms with Crippen molar-refractivity contribution in [2.45, 2.75) is 57.8 Å². The number of carbonyl (C=O) groups excluding carboxylic acids is 2. The average molecular weight is 330 g/mol. The summed E-state index contributed by atoms with van der Waals surface area (Å²) in [6.07, 6.45) is 6.52. The van der Waals surface area contributed by atoms with E-state index in [2.05, 4.69) is 12.1 Å². The molecule has 1 aromatic rings. The number of ether oxygens (including phenoxy) is 2. The first kappa shape index (κ1) is 17.0. The lowest BCUT2D eigenvalue weighted by molar-refractivity contribution is -0.155. The highest BCUT2D eigenvalue weighted by Gasteiger charge is 2.47. The van der Waals surface area contributed by atoms with Crippen LogP contribution >= 0.6 is 0 Å². The van der Waals surface area contributed by atoms with E-state index in [4.69, 9.17) is 9.47 Å². The number of hydrogen-bond acceptors (Lipinski definition) is 4. The summed E-state index contributed by atoms with van der Waals surface area (Å²) in [7, 11) is 2.82. The summed E-state index contributed by atoms with van der Waals surface area (Å²) >= 11 is 0. The van der Waals surface area contributed by atoms with Crippen molar-refractivity contribution in [1.29, 1.82) is 0 Å². The molecule has 0 N–H and O–H groups in total. The summed E-state index contributed by atoms with van der Waals surface area (Å²) in [5.41, 5.74) is 4.72. The van der Waals surface area contributed by atoms with Gasteiger partial charge in [-0.3, -0.25) is 9.59 Å². The Labute approximate surface area is 143 Å². The molecular formula is C20H26O4. The Morgan fingerprint density at radius 3 is 2.54 bits per heavy atom. The van der Waals surface area contributed by atoms with Gasteiger partial charge < -0.3 is 9.47 Å². The van der Waals surface area contributed by atoms with Crippen LogP contribution in [0, 0.1) is 5.41 Å². The number of fused-ring (bicyclic) bond motifs is 3. The topological polar surface area (TPSA) is 52.6 Å². The van der Waals surface area contributed by atoms with Crippen molar-refractivity contribution in [2.24, 2.45) is 5.41 Å². The van der Waals surface area contributed by atoms with Gasteiger partial charge in [-0.2, -0.15) is 0 Å². The fourth-order valence-electron chi connectivity index (χ4n) is 4.51. The van der Waals surface area contributed by atoms with Gasteiger partial charge in [-0.1, -0.05) is 12.1 Å². The highest BCUT2D eigenvalue weighted by molar-refractivity contribution is 5.81. The Bertz CT molecular complexity index is 664. The summed E-state index contributed by atoms with van der Waals surface area (Å²) in [6, 6.07) is 4.33. The number of methoxy groups -OCH3 is 2. The molecule has 0 fully saturated rings. The molecule has 3 rings (SSSR count). The normalized spacial score (nSPS) is 25.4. The molecule has 4 heteroatoms. The van der Waals surface area contributed by atoms with Crippen LogP contribution in [0.25, 0.3) is 0 Å². The van der Waals surface area contributed by atoms with Crippen molar-refractivity contribution >= 4 is 11.9 Å². The molecule has 2 atom stereocenters. The maximum Gasteiger partial charge on any atom is 0.312 e. The average Bonchev–Trinajstić information content (AvgIpc) is 2.62. The number of hydrogen-bond donors (Lipinski definition) is 0. The molecule has 0 aromatic heterocycles. The van der Waals surface area contributed by atoms with Crippen LogP contribution in [0.5, 0.6) is 0 Å². The Morgan fingerprint density at radius 2 is 1.83 bits per heavy atom. The predicted octanol–water partition coefficient (Wildman–Crippen LogP) is 3.34. The van der Waals surface area contributed by atoms with Gasteiger partial charge in [0.2, 0.25) is 0 Å². The molecular weight excluding hydrogens is 304 g/mol. The Hall–Kier alpha value is -1.84. The Balaban J connectivity index is 2.08. The first-order valence-electron chi connectivity index (χ1n) is 8.80. The molecule has 0 saturated heterocycles. The van der Waals surface area contributed by atoms with Crippen LogP contribution in [-0.4, -0.2) is 26.2 Å². The van der Waals surface area contributed by atoms with Crippen molar-refractivity contribution < 1.29 is 19.1 Å². The molecule has 0 saturated carbocycles. The second-order valence-corrected chi connectivity index (χ2v) is 7.22. The molecule has 24 heavy (non-hydrogen) atoms. The second kappa shape index (κ2) is 6.58. The lowest BCUT2D eigenvalue weighted by Crippen LogP contribution is -2.40. The van der Waals surface area contributed by atoms with Crippen molar-refractivity contribution in [3.05, 3.63) is 34.4 Å². The number of aryl methyl sites for hydroxylation is 1. The van der Waals surface area contributed by atoms with Crippen molar-refractivity contribution in [1.82, 2.24) is 0 Å². The summed E-state index contributed by atoms with van der Waals surface area (Å²) < 4.78 is 9.97. The summed E-state index contributed by atoms with van der Waals surface area (Å²) in [5.74, 6) is -0.700. The number of esters is 2. The zero-order valence-electron chi connectivity index (χ0n) is 14.8. The van der Waals surface area contributed by atoms with Gasteiger partial charge in [-0.15, -0.1) is 0 Å². The van der Waals surface area contributed by atoms with Gasteiger partial charge in [0, 0.05) is 5.92 Å². The van der Waals surface area contributed by atoms with Crippen LogP contribution in [0.3, 0.4) is 0 Å². The third-order valence-corrected chi connectivity index (χ3v) is 5.98. The third kappa shape index (κ3) is 2.72. The van der Waals surface area contributed by atoms with E-state index in [1.165, 1.54) is 43.8 Å². The van der Waals surface area contributed by atoms with Crippen LogP contribution in [0.2, 0.25) is 0 Å². The van der Waals surface area contributed by atoms with Gasteiger partial charge in [-0.05, 0) is 67.7 Å². The highest BCUT2D eigenvalue weighted by atomic mass is 16.5. The van der Waals surface area contributed by atoms with E-state index >= 15 is 0 Å². The predicted molar refractivity (Wildman–Crippen MR) is 90.9 cm³/mol. The van der Waals surface area contributed by atoms with E-state index in [9.17, 15) is 9.59 Å². The SMILES string of the molecule is COC(=O)C[C@H]1c2ccc3c(c2CC[C@]1(C)C(=O)OC)CCCC3. The summed E-state index contributed by atoms with van der Waals surface area (Å²) in [5, 5.41) is 0. The standard InChI is InChI=1S/C20H26O4/c1-20(19(22)24-3)11-10-15-14-7-5-4-6-13(14)8-9-16(15)17(20)12-18(21)23-2/h8-9,17H,4-7,10-12H2,1-3H3/t17-,20-/m0/s1. The molecule has 0 radical (unpaired) electrons. The van der Waals surface area contributed by atoms with Crippen molar-refractivity contribution in [3.8, 4) is 0 Å². The fraction of sp³-hybridized carbons (Fsp3) is 0.600. The quantitative estimate of drug-likeness (QED) is 0.798. The van der Waals surface area contributed by atoms with Gasteiger partial charge >= 0.3 is 11.9 Å². The molecule has 0 heterocycles. The van der Waals surface area contributed by atoms with Crippen LogP contribution in [-0.2, 0) is 38.3 Å². The Morgan fingerprint density at radius 1 is 1.08 bits per heavy atom. The molecule has 1 aromatic carbocycles.